The summed E-state index contributed by atoms with van der Waals surface area (Å²) in [6.07, 6.45) is 2.92. The Bertz CT molecular complexity index is 1040. The molecule has 1 aliphatic rings. The number of hydrogen-bond acceptors (Lipinski definition) is 3. The van der Waals surface area contributed by atoms with Crippen molar-refractivity contribution in [1.82, 2.24) is 9.47 Å². The Hall–Kier alpha value is -3.41. The standard InChI is InChI=1S/C24H27N3O3/c1-4-17-8-5-6-9-19(17)25-24(28)27-15-14-26-13-7-10-20(26)23(27)18-11-12-21(29-2)22(16-18)30-3/h5-13,16,23H,4,14-15H2,1-3H3,(H,25,28). The summed E-state index contributed by atoms with van der Waals surface area (Å²) in [5.41, 5.74) is 4.03. The van der Waals surface area contributed by atoms with Gasteiger partial charge in [0.2, 0.25) is 0 Å². The molecule has 0 bridgehead atoms. The summed E-state index contributed by atoms with van der Waals surface area (Å²) in [5.74, 6) is 1.32. The van der Waals surface area contributed by atoms with Gasteiger partial charge in [0.25, 0.3) is 0 Å². The molecule has 1 aromatic heterocycles. The van der Waals surface area contributed by atoms with E-state index >= 15 is 0 Å². The number of carbonyl (C=O) groups excluding carboxylic acids is 1. The maximum absolute atomic E-state index is 13.4. The molecule has 1 N–H and O–H groups in total. The van der Waals surface area contributed by atoms with Gasteiger partial charge in [0.15, 0.2) is 11.5 Å². The van der Waals surface area contributed by atoms with Crippen LogP contribution in [0.1, 0.15) is 29.8 Å². The second-order valence-corrected chi connectivity index (χ2v) is 7.28. The monoisotopic (exact) mass is 405 g/mol. The van der Waals surface area contributed by atoms with E-state index in [1.807, 2.05) is 53.4 Å². The number of aromatic nitrogens is 1. The highest BCUT2D eigenvalue weighted by atomic mass is 16.5. The van der Waals surface area contributed by atoms with Gasteiger partial charge in [0.1, 0.15) is 0 Å². The molecular formula is C24H27N3O3. The Morgan fingerprint density at radius 2 is 1.83 bits per heavy atom. The first-order valence-electron chi connectivity index (χ1n) is 10.2. The number of carbonyl (C=O) groups is 1. The molecule has 0 spiro atoms. The quantitative estimate of drug-likeness (QED) is 0.669. The van der Waals surface area contributed by atoms with Gasteiger partial charge in [-0.2, -0.15) is 0 Å². The van der Waals surface area contributed by atoms with Crippen LogP contribution >= 0.6 is 0 Å². The molecule has 6 heteroatoms. The summed E-state index contributed by atoms with van der Waals surface area (Å²) < 4.78 is 13.1. The molecule has 2 heterocycles. The lowest BCUT2D eigenvalue weighted by Crippen LogP contribution is -2.44. The van der Waals surface area contributed by atoms with Crippen LogP contribution in [0, 0.1) is 0 Å². The lowest BCUT2D eigenvalue weighted by molar-refractivity contribution is 0.181. The number of nitrogens with zero attached hydrogens (tertiary/aromatic N) is 2. The first-order chi connectivity index (χ1) is 14.7. The number of hydrogen-bond donors (Lipinski definition) is 1. The smallest absolute Gasteiger partial charge is 0.322 e. The summed E-state index contributed by atoms with van der Waals surface area (Å²) >= 11 is 0. The van der Waals surface area contributed by atoms with Crippen LogP contribution in [0.2, 0.25) is 0 Å². The highest BCUT2D eigenvalue weighted by Gasteiger charge is 2.33. The highest BCUT2D eigenvalue weighted by molar-refractivity contribution is 5.90. The predicted molar refractivity (Wildman–Crippen MR) is 117 cm³/mol. The van der Waals surface area contributed by atoms with Crippen molar-refractivity contribution in [3.63, 3.8) is 0 Å². The molecule has 0 radical (unpaired) electrons. The van der Waals surface area contributed by atoms with Crippen LogP contribution in [0.25, 0.3) is 0 Å². The van der Waals surface area contributed by atoms with E-state index in [-0.39, 0.29) is 12.1 Å². The number of ether oxygens (including phenoxy) is 2. The molecule has 156 valence electrons. The molecule has 4 rings (SSSR count). The number of fused-ring (bicyclic) bond motifs is 1. The molecular weight excluding hydrogens is 378 g/mol. The molecule has 2 aromatic carbocycles. The number of para-hydroxylation sites is 1. The third-order valence-electron chi connectivity index (χ3n) is 5.66. The Labute approximate surface area is 177 Å². The van der Waals surface area contributed by atoms with E-state index in [0.29, 0.717) is 18.0 Å². The molecule has 0 saturated carbocycles. The van der Waals surface area contributed by atoms with Crippen LogP contribution < -0.4 is 14.8 Å². The number of urea groups is 1. The zero-order valence-corrected chi connectivity index (χ0v) is 17.6. The van der Waals surface area contributed by atoms with Crippen molar-refractivity contribution in [3.8, 4) is 11.5 Å². The number of nitrogens with one attached hydrogen (secondary N) is 1. The Kier molecular flexibility index (Phi) is 5.65. The Balaban J connectivity index is 1.71. The van der Waals surface area contributed by atoms with E-state index in [1.54, 1.807) is 14.2 Å². The highest BCUT2D eigenvalue weighted by Crippen LogP contribution is 2.37. The van der Waals surface area contributed by atoms with Gasteiger partial charge in [-0.3, -0.25) is 0 Å². The largest absolute Gasteiger partial charge is 0.493 e. The third kappa shape index (κ3) is 3.61. The fourth-order valence-corrected chi connectivity index (χ4v) is 4.11. The van der Waals surface area contributed by atoms with Crippen molar-refractivity contribution in [2.75, 3.05) is 26.1 Å². The molecule has 0 fully saturated rings. The number of amides is 2. The molecule has 1 aliphatic heterocycles. The Morgan fingerprint density at radius 3 is 2.60 bits per heavy atom. The van der Waals surface area contributed by atoms with Crippen LogP contribution in [-0.4, -0.2) is 36.3 Å². The fourth-order valence-electron chi connectivity index (χ4n) is 4.11. The summed E-state index contributed by atoms with van der Waals surface area (Å²) in [6.45, 7) is 3.46. The van der Waals surface area contributed by atoms with Crippen molar-refractivity contribution < 1.29 is 14.3 Å². The molecule has 1 unspecified atom stereocenters. The summed E-state index contributed by atoms with van der Waals surface area (Å²) in [7, 11) is 3.24. The zero-order valence-electron chi connectivity index (χ0n) is 17.6. The van der Waals surface area contributed by atoms with E-state index in [1.165, 1.54) is 0 Å². The maximum Gasteiger partial charge on any atom is 0.322 e. The Morgan fingerprint density at radius 1 is 1.03 bits per heavy atom. The van der Waals surface area contributed by atoms with Gasteiger partial charge in [-0.25, -0.2) is 4.79 Å². The van der Waals surface area contributed by atoms with Crippen molar-refractivity contribution in [2.24, 2.45) is 0 Å². The molecule has 0 aliphatic carbocycles. The van der Waals surface area contributed by atoms with Gasteiger partial charge < -0.3 is 24.3 Å². The summed E-state index contributed by atoms with van der Waals surface area (Å²) in [4.78, 5) is 15.3. The van der Waals surface area contributed by atoms with Gasteiger partial charge in [0, 0.05) is 30.7 Å². The predicted octanol–water partition coefficient (Wildman–Crippen LogP) is 4.70. The van der Waals surface area contributed by atoms with E-state index < -0.39 is 0 Å². The van der Waals surface area contributed by atoms with E-state index in [4.69, 9.17) is 9.47 Å². The van der Waals surface area contributed by atoms with Gasteiger partial charge in [-0.05, 0) is 47.9 Å². The van der Waals surface area contributed by atoms with Crippen LogP contribution in [0.15, 0.2) is 60.8 Å². The van der Waals surface area contributed by atoms with Crippen LogP contribution in [0.3, 0.4) is 0 Å². The van der Waals surface area contributed by atoms with Crippen molar-refractivity contribution in [1.29, 1.82) is 0 Å². The van der Waals surface area contributed by atoms with E-state index in [0.717, 1.165) is 35.5 Å². The number of methoxy groups -OCH3 is 2. The van der Waals surface area contributed by atoms with Gasteiger partial charge >= 0.3 is 6.03 Å². The number of aryl methyl sites for hydroxylation is 1. The number of benzene rings is 2. The number of anilines is 1. The van der Waals surface area contributed by atoms with E-state index in [2.05, 4.69) is 29.1 Å². The maximum atomic E-state index is 13.4. The molecule has 2 amide bonds. The molecule has 6 nitrogen and oxygen atoms in total. The van der Waals surface area contributed by atoms with Crippen LogP contribution in [0.4, 0.5) is 10.5 Å². The summed E-state index contributed by atoms with van der Waals surface area (Å²) in [6, 6.07) is 17.5. The molecule has 3 aromatic rings. The number of rotatable bonds is 5. The van der Waals surface area contributed by atoms with Crippen molar-refractivity contribution in [3.05, 3.63) is 77.6 Å². The molecule has 1 atom stereocenters. The lowest BCUT2D eigenvalue weighted by atomic mass is 9.99. The van der Waals surface area contributed by atoms with Gasteiger partial charge in [0.05, 0.1) is 20.3 Å². The van der Waals surface area contributed by atoms with E-state index in [9.17, 15) is 4.79 Å². The molecule has 0 saturated heterocycles. The first kappa shape index (κ1) is 19.9. The second kappa shape index (κ2) is 8.53. The van der Waals surface area contributed by atoms with Crippen LogP contribution in [-0.2, 0) is 13.0 Å². The third-order valence-corrected chi connectivity index (χ3v) is 5.66. The average Bonchev–Trinajstić information content (AvgIpc) is 3.27. The minimum Gasteiger partial charge on any atom is -0.493 e. The SMILES string of the molecule is CCc1ccccc1NC(=O)N1CCn2cccc2C1c1ccc(OC)c(OC)c1. The average molecular weight is 405 g/mol. The minimum atomic E-state index is -0.220. The van der Waals surface area contributed by atoms with Gasteiger partial charge in [-0.15, -0.1) is 0 Å². The van der Waals surface area contributed by atoms with Crippen molar-refractivity contribution in [2.45, 2.75) is 25.9 Å². The van der Waals surface area contributed by atoms with Crippen LogP contribution in [0.5, 0.6) is 11.5 Å². The molecule has 30 heavy (non-hydrogen) atoms. The second-order valence-electron chi connectivity index (χ2n) is 7.28. The zero-order chi connectivity index (χ0) is 21.1. The normalized spacial score (nSPS) is 15.4. The topological polar surface area (TPSA) is 55.7 Å². The summed E-state index contributed by atoms with van der Waals surface area (Å²) in [5, 5.41) is 3.13. The minimum absolute atomic E-state index is 0.108. The van der Waals surface area contributed by atoms with Gasteiger partial charge in [-0.1, -0.05) is 31.2 Å². The lowest BCUT2D eigenvalue weighted by Gasteiger charge is -2.37. The fraction of sp³-hybridized carbons (Fsp3) is 0.292. The first-order valence-corrected chi connectivity index (χ1v) is 10.2. The van der Waals surface area contributed by atoms with Crippen molar-refractivity contribution >= 4 is 11.7 Å².